The molecule has 0 spiro atoms. The molecule has 0 aliphatic carbocycles. The molecule has 1 aromatic rings. The smallest absolute Gasteiger partial charge is 0.108 e. The predicted octanol–water partition coefficient (Wildman–Crippen LogP) is 1.74. The molecule has 1 atom stereocenters. The van der Waals surface area contributed by atoms with Gasteiger partial charge in [-0.05, 0) is 19.4 Å². The monoisotopic (exact) mass is 195 g/mol. The van der Waals surface area contributed by atoms with Gasteiger partial charge in [-0.2, -0.15) is 0 Å². The van der Waals surface area contributed by atoms with E-state index in [1.54, 1.807) is 0 Å². The van der Waals surface area contributed by atoms with Gasteiger partial charge in [-0.25, -0.2) is 4.98 Å². The zero-order chi connectivity index (χ0) is 10.4. The van der Waals surface area contributed by atoms with Crippen molar-refractivity contribution >= 4 is 0 Å². The Morgan fingerprint density at radius 1 is 1.50 bits per heavy atom. The number of nitrogens with zero attached hydrogens (tertiary/aromatic N) is 2. The second-order valence-corrected chi connectivity index (χ2v) is 3.66. The highest BCUT2D eigenvalue weighted by molar-refractivity contribution is 4.91. The van der Waals surface area contributed by atoms with Crippen LogP contribution in [0.25, 0.3) is 0 Å². The number of hydrogen-bond donors (Lipinski definition) is 1. The summed E-state index contributed by atoms with van der Waals surface area (Å²) in [5.74, 6) is 1.18. The second-order valence-electron chi connectivity index (χ2n) is 3.66. The molecule has 0 fully saturated rings. The summed E-state index contributed by atoms with van der Waals surface area (Å²) < 4.78 is 2.10. The first kappa shape index (κ1) is 11.2. The highest BCUT2D eigenvalue weighted by atomic mass is 15.0. The van der Waals surface area contributed by atoms with Gasteiger partial charge in [0.15, 0.2) is 0 Å². The lowest BCUT2D eigenvalue weighted by Crippen LogP contribution is -2.28. The zero-order valence-electron chi connectivity index (χ0n) is 9.45. The minimum Gasteiger partial charge on any atom is -0.338 e. The van der Waals surface area contributed by atoms with Gasteiger partial charge in [-0.3, -0.25) is 0 Å². The Labute approximate surface area is 86.5 Å². The molecule has 0 radical (unpaired) electrons. The van der Waals surface area contributed by atoms with E-state index < -0.39 is 0 Å². The van der Waals surface area contributed by atoms with E-state index in [0.717, 1.165) is 13.0 Å². The third kappa shape index (κ3) is 3.14. The maximum absolute atomic E-state index is 4.32. The highest BCUT2D eigenvalue weighted by Crippen LogP contribution is 2.04. The van der Waals surface area contributed by atoms with Crippen LogP contribution in [0, 0.1) is 0 Å². The molecular formula is C11H21N3. The summed E-state index contributed by atoms with van der Waals surface area (Å²) in [4.78, 5) is 4.32. The molecule has 0 saturated heterocycles. The molecule has 3 heteroatoms. The molecule has 0 aliphatic rings. The van der Waals surface area contributed by atoms with Crippen LogP contribution in [0.4, 0.5) is 0 Å². The van der Waals surface area contributed by atoms with Gasteiger partial charge in [0.05, 0.1) is 0 Å². The maximum Gasteiger partial charge on any atom is 0.108 e. The lowest BCUT2D eigenvalue weighted by molar-refractivity contribution is 0.474. The van der Waals surface area contributed by atoms with E-state index in [2.05, 4.69) is 35.8 Å². The third-order valence-corrected chi connectivity index (χ3v) is 2.62. The Morgan fingerprint density at radius 3 is 2.79 bits per heavy atom. The van der Waals surface area contributed by atoms with Crippen LogP contribution in [0.5, 0.6) is 0 Å². The lowest BCUT2D eigenvalue weighted by atomic mass is 10.1. The molecular weight excluding hydrogens is 174 g/mol. The van der Waals surface area contributed by atoms with E-state index in [9.17, 15) is 0 Å². The van der Waals surface area contributed by atoms with Crippen molar-refractivity contribution in [1.29, 1.82) is 0 Å². The van der Waals surface area contributed by atoms with Crippen LogP contribution in [-0.2, 0) is 13.5 Å². The summed E-state index contributed by atoms with van der Waals surface area (Å²) in [7, 11) is 2.05. The summed E-state index contributed by atoms with van der Waals surface area (Å²) in [6, 6.07) is 0.636. The maximum atomic E-state index is 4.32. The lowest BCUT2D eigenvalue weighted by Gasteiger charge is -2.15. The van der Waals surface area contributed by atoms with Crippen molar-refractivity contribution in [2.45, 2.75) is 39.2 Å². The molecule has 1 rings (SSSR count). The summed E-state index contributed by atoms with van der Waals surface area (Å²) in [6.07, 6.45) is 7.30. The van der Waals surface area contributed by atoms with Gasteiger partial charge >= 0.3 is 0 Å². The van der Waals surface area contributed by atoms with Gasteiger partial charge in [-0.1, -0.05) is 13.8 Å². The number of aromatic nitrogens is 2. The van der Waals surface area contributed by atoms with Crippen LogP contribution in [0.1, 0.15) is 32.5 Å². The summed E-state index contributed by atoms with van der Waals surface area (Å²) in [5.41, 5.74) is 0. The van der Waals surface area contributed by atoms with E-state index >= 15 is 0 Å². The Balaban J connectivity index is 2.35. The van der Waals surface area contributed by atoms with Crippen molar-refractivity contribution in [2.24, 2.45) is 7.05 Å². The van der Waals surface area contributed by atoms with Crippen molar-refractivity contribution in [1.82, 2.24) is 14.9 Å². The highest BCUT2D eigenvalue weighted by Gasteiger charge is 2.06. The third-order valence-electron chi connectivity index (χ3n) is 2.62. The van der Waals surface area contributed by atoms with Gasteiger partial charge in [0.1, 0.15) is 5.82 Å². The van der Waals surface area contributed by atoms with Crippen molar-refractivity contribution in [2.75, 3.05) is 6.54 Å². The SMILES string of the molecule is CCNC(CC)CCc1nccn1C. The molecule has 1 aromatic heterocycles. The van der Waals surface area contributed by atoms with Crippen molar-refractivity contribution in [3.8, 4) is 0 Å². The minimum atomic E-state index is 0.636. The van der Waals surface area contributed by atoms with Crippen LogP contribution >= 0.6 is 0 Å². The quantitative estimate of drug-likeness (QED) is 0.749. The number of nitrogens with one attached hydrogen (secondary N) is 1. The van der Waals surface area contributed by atoms with Crippen LogP contribution < -0.4 is 5.32 Å². The average molecular weight is 195 g/mol. The summed E-state index contributed by atoms with van der Waals surface area (Å²) in [6.45, 7) is 5.44. The molecule has 0 aromatic carbocycles. The van der Waals surface area contributed by atoms with Crippen molar-refractivity contribution in [3.05, 3.63) is 18.2 Å². The molecule has 3 nitrogen and oxygen atoms in total. The fourth-order valence-corrected chi connectivity index (χ4v) is 1.68. The fourth-order valence-electron chi connectivity index (χ4n) is 1.68. The number of imidazole rings is 1. The fraction of sp³-hybridized carbons (Fsp3) is 0.727. The zero-order valence-corrected chi connectivity index (χ0v) is 9.45. The van der Waals surface area contributed by atoms with Crippen LogP contribution in [0.15, 0.2) is 12.4 Å². The molecule has 0 bridgehead atoms. The Morgan fingerprint density at radius 2 is 2.29 bits per heavy atom. The Kier molecular flexibility index (Phi) is 4.66. The Bertz CT molecular complexity index is 255. The standard InChI is InChI=1S/C11H21N3/c1-4-10(12-5-2)6-7-11-13-8-9-14(11)3/h8-10,12H,4-7H2,1-3H3. The van der Waals surface area contributed by atoms with Crippen LogP contribution in [-0.4, -0.2) is 22.1 Å². The first-order chi connectivity index (χ1) is 6.77. The molecule has 0 amide bonds. The first-order valence-corrected chi connectivity index (χ1v) is 5.47. The molecule has 0 saturated carbocycles. The molecule has 14 heavy (non-hydrogen) atoms. The molecule has 0 aliphatic heterocycles. The van der Waals surface area contributed by atoms with Crippen LogP contribution in [0.3, 0.4) is 0 Å². The summed E-state index contributed by atoms with van der Waals surface area (Å²) >= 11 is 0. The van der Waals surface area contributed by atoms with Gasteiger partial charge in [0.2, 0.25) is 0 Å². The van der Waals surface area contributed by atoms with Crippen LogP contribution in [0.2, 0.25) is 0 Å². The van der Waals surface area contributed by atoms with Gasteiger partial charge < -0.3 is 9.88 Å². The number of aryl methyl sites for hydroxylation is 2. The topological polar surface area (TPSA) is 29.9 Å². The number of rotatable bonds is 6. The van der Waals surface area contributed by atoms with Gasteiger partial charge in [0.25, 0.3) is 0 Å². The molecule has 80 valence electrons. The van der Waals surface area contributed by atoms with E-state index in [1.165, 1.54) is 18.7 Å². The molecule has 1 N–H and O–H groups in total. The van der Waals surface area contributed by atoms with E-state index in [-0.39, 0.29) is 0 Å². The Hall–Kier alpha value is -0.830. The normalized spacial score (nSPS) is 13.1. The van der Waals surface area contributed by atoms with E-state index in [0.29, 0.717) is 6.04 Å². The largest absolute Gasteiger partial charge is 0.338 e. The molecule has 1 heterocycles. The van der Waals surface area contributed by atoms with Gasteiger partial charge in [-0.15, -0.1) is 0 Å². The molecule has 1 unspecified atom stereocenters. The van der Waals surface area contributed by atoms with Gasteiger partial charge in [0, 0.05) is 31.9 Å². The van der Waals surface area contributed by atoms with E-state index in [1.807, 2.05) is 12.4 Å². The van der Waals surface area contributed by atoms with Crippen molar-refractivity contribution in [3.63, 3.8) is 0 Å². The average Bonchev–Trinajstić information content (AvgIpc) is 2.59. The number of hydrogen-bond acceptors (Lipinski definition) is 2. The summed E-state index contributed by atoms with van der Waals surface area (Å²) in [5, 5.41) is 3.48. The second kappa shape index (κ2) is 5.81. The predicted molar refractivity (Wildman–Crippen MR) is 59.3 cm³/mol. The first-order valence-electron chi connectivity index (χ1n) is 5.47. The van der Waals surface area contributed by atoms with E-state index in [4.69, 9.17) is 0 Å². The minimum absolute atomic E-state index is 0.636. The van der Waals surface area contributed by atoms with Crippen molar-refractivity contribution < 1.29 is 0 Å².